The number of benzene rings is 1. The third-order valence-electron chi connectivity index (χ3n) is 6.56. The van der Waals surface area contributed by atoms with E-state index in [0.29, 0.717) is 16.7 Å². The van der Waals surface area contributed by atoms with Gasteiger partial charge in [0.05, 0.1) is 0 Å². The van der Waals surface area contributed by atoms with Crippen LogP contribution < -0.4 is 0 Å². The SMILES string of the molecule is Cc1cc2c(cc1C1(CC/C=C/C=C/C(=O)O)CC1)C(C)CCC2(C)C. The van der Waals surface area contributed by atoms with E-state index in [-0.39, 0.29) is 0 Å². The van der Waals surface area contributed by atoms with Crippen molar-refractivity contribution in [3.63, 3.8) is 0 Å². The van der Waals surface area contributed by atoms with Gasteiger partial charge in [-0.15, -0.1) is 0 Å². The Morgan fingerprint density at radius 2 is 1.92 bits per heavy atom. The van der Waals surface area contributed by atoms with Gasteiger partial charge in [-0.25, -0.2) is 4.79 Å². The molecule has 0 heterocycles. The molecular formula is C24H32O2. The molecule has 1 N–H and O–H groups in total. The highest BCUT2D eigenvalue weighted by Crippen LogP contribution is 2.54. The van der Waals surface area contributed by atoms with Crippen molar-refractivity contribution in [2.75, 3.05) is 0 Å². The molecular weight excluding hydrogens is 320 g/mol. The van der Waals surface area contributed by atoms with Gasteiger partial charge >= 0.3 is 5.97 Å². The second-order valence-electron chi connectivity index (χ2n) is 9.02. The minimum atomic E-state index is -0.893. The molecule has 2 heteroatoms. The Hall–Kier alpha value is -1.83. The predicted molar refractivity (Wildman–Crippen MR) is 108 cm³/mol. The molecule has 1 saturated carbocycles. The Balaban J connectivity index is 1.79. The Labute approximate surface area is 158 Å². The smallest absolute Gasteiger partial charge is 0.328 e. The molecule has 0 spiro atoms. The number of fused-ring (bicyclic) bond motifs is 1. The summed E-state index contributed by atoms with van der Waals surface area (Å²) in [6, 6.07) is 5.02. The van der Waals surface area contributed by atoms with Crippen LogP contribution in [0.25, 0.3) is 0 Å². The van der Waals surface area contributed by atoms with E-state index in [1.54, 1.807) is 22.8 Å². The predicted octanol–water partition coefficient (Wildman–Crippen LogP) is 6.18. The van der Waals surface area contributed by atoms with Gasteiger partial charge in [-0.2, -0.15) is 0 Å². The molecule has 0 amide bonds. The standard InChI is InChI=1S/C24H32O2/c1-17-10-12-23(3,4)21-15-18(2)20(16-19(17)21)24(13-14-24)11-8-6-5-7-9-22(25)26/h5-7,9,15-17H,8,10-14H2,1-4H3,(H,25,26)/b6-5+,9-7+. The zero-order valence-corrected chi connectivity index (χ0v) is 16.6. The van der Waals surface area contributed by atoms with E-state index in [4.69, 9.17) is 5.11 Å². The Morgan fingerprint density at radius 1 is 1.19 bits per heavy atom. The van der Waals surface area contributed by atoms with E-state index >= 15 is 0 Å². The molecule has 1 atom stereocenters. The Morgan fingerprint density at radius 3 is 2.58 bits per heavy atom. The molecule has 140 valence electrons. The van der Waals surface area contributed by atoms with Crippen molar-refractivity contribution in [2.45, 2.75) is 83.0 Å². The van der Waals surface area contributed by atoms with Crippen LogP contribution in [0, 0.1) is 6.92 Å². The quantitative estimate of drug-likeness (QED) is 0.490. The van der Waals surface area contributed by atoms with E-state index in [2.05, 4.69) is 45.9 Å². The average molecular weight is 353 g/mol. The number of allylic oxidation sites excluding steroid dienone is 3. The van der Waals surface area contributed by atoms with Gasteiger partial charge in [0.25, 0.3) is 0 Å². The molecule has 2 aliphatic carbocycles. The van der Waals surface area contributed by atoms with Crippen LogP contribution in [0.4, 0.5) is 0 Å². The fraction of sp³-hybridized carbons (Fsp3) is 0.542. The summed E-state index contributed by atoms with van der Waals surface area (Å²) in [4.78, 5) is 10.5. The average Bonchev–Trinajstić information content (AvgIpc) is 3.35. The van der Waals surface area contributed by atoms with Crippen molar-refractivity contribution >= 4 is 5.97 Å². The fourth-order valence-electron chi connectivity index (χ4n) is 4.63. The zero-order chi connectivity index (χ0) is 18.9. The molecule has 1 aromatic rings. The van der Waals surface area contributed by atoms with Crippen molar-refractivity contribution in [1.29, 1.82) is 0 Å². The molecule has 0 radical (unpaired) electrons. The maximum absolute atomic E-state index is 10.5. The second kappa shape index (κ2) is 7.06. The van der Waals surface area contributed by atoms with Crippen LogP contribution in [0.15, 0.2) is 36.4 Å². The minimum absolute atomic E-state index is 0.293. The molecule has 1 aromatic carbocycles. The van der Waals surface area contributed by atoms with E-state index in [9.17, 15) is 4.79 Å². The summed E-state index contributed by atoms with van der Waals surface area (Å²) in [5.41, 5.74) is 6.80. The number of carbonyl (C=O) groups is 1. The maximum Gasteiger partial charge on any atom is 0.328 e. The topological polar surface area (TPSA) is 37.3 Å². The Bertz CT molecular complexity index is 748. The van der Waals surface area contributed by atoms with Gasteiger partial charge in [-0.05, 0) is 84.5 Å². The number of aryl methyl sites for hydroxylation is 1. The fourth-order valence-corrected chi connectivity index (χ4v) is 4.63. The zero-order valence-electron chi connectivity index (χ0n) is 16.6. The lowest BCUT2D eigenvalue weighted by Gasteiger charge is -2.37. The first-order valence-corrected chi connectivity index (χ1v) is 9.97. The molecule has 1 unspecified atom stereocenters. The largest absolute Gasteiger partial charge is 0.478 e. The number of hydrogen-bond donors (Lipinski definition) is 1. The van der Waals surface area contributed by atoms with Crippen molar-refractivity contribution in [1.82, 2.24) is 0 Å². The van der Waals surface area contributed by atoms with E-state index in [0.717, 1.165) is 12.8 Å². The summed E-state index contributed by atoms with van der Waals surface area (Å²) < 4.78 is 0. The molecule has 3 rings (SSSR count). The first-order chi connectivity index (χ1) is 12.3. The van der Waals surface area contributed by atoms with E-state index in [1.807, 2.05) is 6.08 Å². The van der Waals surface area contributed by atoms with Gasteiger partial charge in [0.2, 0.25) is 0 Å². The number of aliphatic carboxylic acids is 1. The van der Waals surface area contributed by atoms with Crippen LogP contribution in [-0.4, -0.2) is 11.1 Å². The minimum Gasteiger partial charge on any atom is -0.478 e. The lowest BCUT2D eigenvalue weighted by atomic mass is 9.67. The van der Waals surface area contributed by atoms with Gasteiger partial charge in [0, 0.05) is 6.08 Å². The number of rotatable bonds is 6. The summed E-state index contributed by atoms with van der Waals surface area (Å²) in [5, 5.41) is 8.62. The van der Waals surface area contributed by atoms with Crippen molar-refractivity contribution in [2.24, 2.45) is 0 Å². The molecule has 2 nitrogen and oxygen atoms in total. The third kappa shape index (κ3) is 3.79. The lowest BCUT2D eigenvalue weighted by Crippen LogP contribution is -2.26. The van der Waals surface area contributed by atoms with Crippen LogP contribution >= 0.6 is 0 Å². The summed E-state index contributed by atoms with van der Waals surface area (Å²) in [6.07, 6.45) is 14.0. The van der Waals surface area contributed by atoms with Crippen LogP contribution in [0.3, 0.4) is 0 Å². The van der Waals surface area contributed by atoms with E-state index < -0.39 is 5.97 Å². The molecule has 0 aromatic heterocycles. The molecule has 0 aliphatic heterocycles. The third-order valence-corrected chi connectivity index (χ3v) is 6.56. The second-order valence-corrected chi connectivity index (χ2v) is 9.02. The van der Waals surface area contributed by atoms with Gasteiger partial charge in [-0.1, -0.05) is 51.1 Å². The van der Waals surface area contributed by atoms with Gasteiger partial charge in [-0.3, -0.25) is 0 Å². The molecule has 26 heavy (non-hydrogen) atoms. The van der Waals surface area contributed by atoms with Crippen molar-refractivity contribution in [3.8, 4) is 0 Å². The highest BCUT2D eigenvalue weighted by Gasteiger charge is 2.45. The molecule has 1 fully saturated rings. The van der Waals surface area contributed by atoms with Gasteiger partial charge < -0.3 is 5.11 Å². The summed E-state index contributed by atoms with van der Waals surface area (Å²) >= 11 is 0. The molecule has 0 bridgehead atoms. The lowest BCUT2D eigenvalue weighted by molar-refractivity contribution is -0.131. The molecule has 2 aliphatic rings. The van der Waals surface area contributed by atoms with Crippen LogP contribution in [0.1, 0.15) is 87.5 Å². The first kappa shape index (κ1) is 18.9. The number of carboxylic acid groups (broad SMARTS) is 1. The summed E-state index contributed by atoms with van der Waals surface area (Å²) in [7, 11) is 0. The molecule has 0 saturated heterocycles. The highest BCUT2D eigenvalue weighted by molar-refractivity contribution is 5.80. The normalized spacial score (nSPS) is 23.3. The van der Waals surface area contributed by atoms with Crippen LogP contribution in [-0.2, 0) is 15.6 Å². The van der Waals surface area contributed by atoms with Crippen molar-refractivity contribution < 1.29 is 9.90 Å². The van der Waals surface area contributed by atoms with Crippen molar-refractivity contribution in [3.05, 3.63) is 58.7 Å². The van der Waals surface area contributed by atoms with Crippen LogP contribution in [0.5, 0.6) is 0 Å². The van der Waals surface area contributed by atoms with Crippen LogP contribution in [0.2, 0.25) is 0 Å². The monoisotopic (exact) mass is 352 g/mol. The highest BCUT2D eigenvalue weighted by atomic mass is 16.4. The number of hydrogen-bond acceptors (Lipinski definition) is 1. The summed E-state index contributed by atoms with van der Waals surface area (Å²) in [5.74, 6) is -0.232. The maximum atomic E-state index is 10.5. The summed E-state index contributed by atoms with van der Waals surface area (Å²) in [6.45, 7) is 9.44. The number of carboxylic acids is 1. The first-order valence-electron chi connectivity index (χ1n) is 9.97. The van der Waals surface area contributed by atoms with Gasteiger partial charge in [0.1, 0.15) is 0 Å². The van der Waals surface area contributed by atoms with E-state index in [1.165, 1.54) is 37.3 Å². The Kier molecular flexibility index (Phi) is 5.14. The van der Waals surface area contributed by atoms with Gasteiger partial charge in [0.15, 0.2) is 0 Å².